The van der Waals surface area contributed by atoms with Crippen LogP contribution in [-0.4, -0.2) is 39.2 Å². The largest absolute Gasteiger partial charge is 0.503 e. The van der Waals surface area contributed by atoms with E-state index in [1.54, 1.807) is 6.20 Å². The molecule has 0 spiro atoms. The fraction of sp³-hybridized carbons (Fsp3) is 0.375. The number of H-pyrrole nitrogens is 1. The van der Waals surface area contributed by atoms with Gasteiger partial charge in [-0.1, -0.05) is 0 Å². The number of rotatable bonds is 4. The third kappa shape index (κ3) is 3.46. The molecule has 0 amide bonds. The van der Waals surface area contributed by atoms with Gasteiger partial charge in [0.25, 0.3) is 0 Å². The zero-order valence-corrected chi connectivity index (χ0v) is 12.5. The molecule has 0 aliphatic carbocycles. The third-order valence-corrected chi connectivity index (χ3v) is 3.76. The van der Waals surface area contributed by atoms with E-state index in [0.29, 0.717) is 6.54 Å². The highest BCUT2D eigenvalue weighted by Crippen LogP contribution is 2.19. The maximum Gasteiger partial charge on any atom is 0.223 e. The van der Waals surface area contributed by atoms with Crippen LogP contribution in [0, 0.1) is 6.92 Å². The standard InChI is InChI=1S/C16H19N3O3/c1-11-2-3-13(7-17-11)22-14-4-5-19(10-14)9-12-6-15(20)16(21)8-18-12/h2-3,6-8,14,21H,4-5,9-10H2,1H3,(H,18,20). The number of likely N-dealkylation sites (tertiary alicyclic amines) is 1. The van der Waals surface area contributed by atoms with Gasteiger partial charge in [-0.25, -0.2) is 0 Å². The second-order valence-corrected chi connectivity index (χ2v) is 5.61. The van der Waals surface area contributed by atoms with Crippen LogP contribution in [0.1, 0.15) is 17.8 Å². The van der Waals surface area contributed by atoms with Crippen molar-refractivity contribution in [3.8, 4) is 11.5 Å². The van der Waals surface area contributed by atoms with Gasteiger partial charge in [-0.3, -0.25) is 14.7 Å². The Kier molecular flexibility index (Phi) is 4.11. The van der Waals surface area contributed by atoms with Crippen LogP contribution in [0.15, 0.2) is 35.4 Å². The lowest BCUT2D eigenvalue weighted by molar-refractivity contribution is 0.197. The zero-order chi connectivity index (χ0) is 15.5. The quantitative estimate of drug-likeness (QED) is 0.893. The van der Waals surface area contributed by atoms with E-state index in [-0.39, 0.29) is 17.3 Å². The fourth-order valence-electron chi connectivity index (χ4n) is 2.59. The number of ether oxygens (including phenoxy) is 1. The first-order valence-corrected chi connectivity index (χ1v) is 7.32. The smallest absolute Gasteiger partial charge is 0.223 e. The number of nitrogens with one attached hydrogen (secondary N) is 1. The maximum absolute atomic E-state index is 11.4. The predicted octanol–water partition coefficient (Wildman–Crippen LogP) is 1.44. The first-order valence-electron chi connectivity index (χ1n) is 7.32. The van der Waals surface area contributed by atoms with E-state index < -0.39 is 0 Å². The number of hydrogen-bond acceptors (Lipinski definition) is 5. The Morgan fingerprint density at radius 3 is 3.09 bits per heavy atom. The predicted molar refractivity (Wildman–Crippen MR) is 82.0 cm³/mol. The Morgan fingerprint density at radius 1 is 1.50 bits per heavy atom. The Balaban J connectivity index is 1.56. The van der Waals surface area contributed by atoms with Crippen molar-refractivity contribution in [3.63, 3.8) is 0 Å². The van der Waals surface area contributed by atoms with Gasteiger partial charge in [0.15, 0.2) is 5.75 Å². The second-order valence-electron chi connectivity index (χ2n) is 5.61. The Hall–Kier alpha value is -2.34. The first kappa shape index (κ1) is 14.6. The minimum Gasteiger partial charge on any atom is -0.503 e. The van der Waals surface area contributed by atoms with Crippen LogP contribution in [0.25, 0.3) is 0 Å². The molecular weight excluding hydrogens is 282 g/mol. The summed E-state index contributed by atoms with van der Waals surface area (Å²) in [6, 6.07) is 5.30. The van der Waals surface area contributed by atoms with Gasteiger partial charge in [-0.15, -0.1) is 0 Å². The van der Waals surface area contributed by atoms with Crippen molar-refractivity contribution >= 4 is 0 Å². The van der Waals surface area contributed by atoms with Crippen molar-refractivity contribution in [1.29, 1.82) is 0 Å². The maximum atomic E-state index is 11.4. The molecule has 1 saturated heterocycles. The summed E-state index contributed by atoms with van der Waals surface area (Å²) in [5, 5.41) is 9.25. The van der Waals surface area contributed by atoms with Gasteiger partial charge in [0.2, 0.25) is 5.43 Å². The van der Waals surface area contributed by atoms with E-state index in [1.807, 2.05) is 19.1 Å². The Morgan fingerprint density at radius 2 is 2.36 bits per heavy atom. The highest BCUT2D eigenvalue weighted by Gasteiger charge is 2.24. The SMILES string of the molecule is Cc1ccc(OC2CCN(Cc3cc(=O)c(O)c[nH]3)C2)cn1. The highest BCUT2D eigenvalue weighted by atomic mass is 16.5. The number of hydrogen-bond donors (Lipinski definition) is 2. The molecule has 2 aromatic heterocycles. The zero-order valence-electron chi connectivity index (χ0n) is 12.5. The van der Waals surface area contributed by atoms with Gasteiger partial charge in [0.05, 0.1) is 6.20 Å². The van der Waals surface area contributed by atoms with Gasteiger partial charge in [0, 0.05) is 43.3 Å². The molecule has 0 bridgehead atoms. The molecule has 0 radical (unpaired) electrons. The van der Waals surface area contributed by atoms with Crippen LogP contribution in [-0.2, 0) is 6.54 Å². The number of pyridine rings is 2. The van der Waals surface area contributed by atoms with Gasteiger partial charge in [-0.2, -0.15) is 0 Å². The number of aromatic nitrogens is 2. The number of aryl methyl sites for hydroxylation is 1. The van der Waals surface area contributed by atoms with Crippen LogP contribution in [0.2, 0.25) is 0 Å². The van der Waals surface area contributed by atoms with E-state index >= 15 is 0 Å². The van der Waals surface area contributed by atoms with E-state index in [1.165, 1.54) is 12.3 Å². The van der Waals surface area contributed by atoms with E-state index in [9.17, 15) is 9.90 Å². The minimum absolute atomic E-state index is 0.133. The summed E-state index contributed by atoms with van der Waals surface area (Å²) in [5.41, 5.74) is 1.41. The fourth-order valence-corrected chi connectivity index (χ4v) is 2.59. The van der Waals surface area contributed by atoms with Crippen LogP contribution in [0.3, 0.4) is 0 Å². The lowest BCUT2D eigenvalue weighted by Crippen LogP contribution is -2.25. The Labute approximate surface area is 128 Å². The average Bonchev–Trinajstić information content (AvgIpc) is 2.93. The summed E-state index contributed by atoms with van der Waals surface area (Å²) in [6.07, 6.45) is 4.15. The average molecular weight is 301 g/mol. The van der Waals surface area contributed by atoms with Crippen LogP contribution in [0.4, 0.5) is 0 Å². The Bertz CT molecular complexity index is 697. The molecule has 0 aromatic carbocycles. The summed E-state index contributed by atoms with van der Waals surface area (Å²) in [6.45, 7) is 4.30. The van der Waals surface area contributed by atoms with Crippen molar-refractivity contribution in [2.24, 2.45) is 0 Å². The van der Waals surface area contributed by atoms with Gasteiger partial charge in [-0.05, 0) is 25.5 Å². The molecule has 3 heterocycles. The van der Waals surface area contributed by atoms with Gasteiger partial charge >= 0.3 is 0 Å². The van der Waals surface area contributed by atoms with Crippen LogP contribution in [0.5, 0.6) is 11.5 Å². The molecule has 3 rings (SSSR count). The van der Waals surface area contributed by atoms with Crippen molar-refractivity contribution in [1.82, 2.24) is 14.9 Å². The summed E-state index contributed by atoms with van der Waals surface area (Å²) >= 11 is 0. The molecular formula is C16H19N3O3. The summed E-state index contributed by atoms with van der Waals surface area (Å²) in [7, 11) is 0. The summed E-state index contributed by atoms with van der Waals surface area (Å²) in [4.78, 5) is 20.8. The topological polar surface area (TPSA) is 78.5 Å². The van der Waals surface area contributed by atoms with E-state index in [4.69, 9.17) is 4.74 Å². The van der Waals surface area contributed by atoms with Crippen LogP contribution >= 0.6 is 0 Å². The molecule has 1 atom stereocenters. The van der Waals surface area contributed by atoms with Crippen molar-refractivity contribution in [3.05, 3.63) is 52.2 Å². The summed E-state index contributed by atoms with van der Waals surface area (Å²) in [5.74, 6) is 0.536. The first-order chi connectivity index (χ1) is 10.6. The molecule has 2 aromatic rings. The monoisotopic (exact) mass is 301 g/mol. The number of nitrogens with zero attached hydrogens (tertiary/aromatic N) is 2. The second kappa shape index (κ2) is 6.19. The molecule has 6 nitrogen and oxygen atoms in total. The number of aromatic hydroxyl groups is 1. The molecule has 22 heavy (non-hydrogen) atoms. The van der Waals surface area contributed by atoms with Gasteiger partial charge < -0.3 is 14.8 Å². The molecule has 1 fully saturated rings. The van der Waals surface area contributed by atoms with Crippen molar-refractivity contribution in [2.45, 2.75) is 26.0 Å². The minimum atomic E-state index is -0.355. The molecule has 1 unspecified atom stereocenters. The summed E-state index contributed by atoms with van der Waals surface area (Å²) < 4.78 is 5.92. The molecule has 1 aliphatic rings. The van der Waals surface area contributed by atoms with Crippen LogP contribution < -0.4 is 10.2 Å². The molecule has 6 heteroatoms. The van der Waals surface area contributed by atoms with Gasteiger partial charge in [0.1, 0.15) is 11.9 Å². The van der Waals surface area contributed by atoms with Crippen molar-refractivity contribution in [2.75, 3.05) is 13.1 Å². The molecule has 116 valence electrons. The molecule has 2 N–H and O–H groups in total. The normalized spacial score (nSPS) is 18.5. The van der Waals surface area contributed by atoms with E-state index in [0.717, 1.165) is 36.6 Å². The third-order valence-electron chi connectivity index (χ3n) is 3.76. The van der Waals surface area contributed by atoms with E-state index in [2.05, 4.69) is 14.9 Å². The highest BCUT2D eigenvalue weighted by molar-refractivity contribution is 5.20. The molecule has 0 saturated carbocycles. The lowest BCUT2D eigenvalue weighted by Gasteiger charge is -2.16. The lowest BCUT2D eigenvalue weighted by atomic mass is 10.3. The molecule has 1 aliphatic heterocycles. The number of aromatic amines is 1. The van der Waals surface area contributed by atoms with Crippen molar-refractivity contribution < 1.29 is 9.84 Å².